The van der Waals surface area contributed by atoms with Crippen molar-refractivity contribution >= 4 is 23.5 Å². The molecule has 0 radical (unpaired) electrons. The molecule has 0 saturated heterocycles. The fourth-order valence-corrected chi connectivity index (χ4v) is 1.58. The Kier molecular flexibility index (Phi) is 5.11. The predicted octanol–water partition coefficient (Wildman–Crippen LogP) is 2.94. The molecule has 0 aliphatic heterocycles. The molecule has 0 heterocycles. The number of esters is 1. The summed E-state index contributed by atoms with van der Waals surface area (Å²) in [6, 6.07) is 3.20. The van der Waals surface area contributed by atoms with Gasteiger partial charge in [0.2, 0.25) is 0 Å². The van der Waals surface area contributed by atoms with Crippen LogP contribution in [0, 0.1) is 5.82 Å². The molecule has 0 bridgehead atoms. The Morgan fingerprint density at radius 3 is 2.50 bits per heavy atom. The third-order valence-electron chi connectivity index (χ3n) is 2.30. The van der Waals surface area contributed by atoms with Crippen molar-refractivity contribution in [3.63, 3.8) is 0 Å². The first-order valence-corrected chi connectivity index (χ1v) is 6.47. The number of nitrogens with one attached hydrogen (secondary N) is 1. The minimum Gasteiger partial charge on any atom is -0.458 e. The molecule has 6 heteroatoms. The lowest BCUT2D eigenvalue weighted by molar-refractivity contribution is -0.156. The SMILES string of the molecule is C[C@@H](NC(=O)c1cccc(Cl)c1F)C(=O)OC(C)(C)C. The Morgan fingerprint density at radius 1 is 1.35 bits per heavy atom. The zero-order valence-electron chi connectivity index (χ0n) is 11.8. The van der Waals surface area contributed by atoms with Gasteiger partial charge in [0, 0.05) is 0 Å². The highest BCUT2D eigenvalue weighted by Crippen LogP contribution is 2.18. The molecular formula is C14H17ClFNO3. The van der Waals surface area contributed by atoms with Gasteiger partial charge in [-0.25, -0.2) is 9.18 Å². The summed E-state index contributed by atoms with van der Waals surface area (Å²) in [6.07, 6.45) is 0. The third-order valence-corrected chi connectivity index (χ3v) is 2.60. The van der Waals surface area contributed by atoms with Crippen LogP contribution in [0.25, 0.3) is 0 Å². The van der Waals surface area contributed by atoms with E-state index in [0.29, 0.717) is 0 Å². The molecule has 0 aliphatic rings. The summed E-state index contributed by atoms with van der Waals surface area (Å²) in [5, 5.41) is 2.22. The molecule has 1 aromatic rings. The topological polar surface area (TPSA) is 55.4 Å². The highest BCUT2D eigenvalue weighted by molar-refractivity contribution is 6.31. The number of halogens is 2. The van der Waals surface area contributed by atoms with Crippen molar-refractivity contribution in [1.82, 2.24) is 5.32 Å². The number of ether oxygens (including phenoxy) is 1. The van der Waals surface area contributed by atoms with Crippen LogP contribution >= 0.6 is 11.6 Å². The first kappa shape index (κ1) is 16.4. The van der Waals surface area contributed by atoms with Crippen molar-refractivity contribution < 1.29 is 18.7 Å². The highest BCUT2D eigenvalue weighted by Gasteiger charge is 2.24. The van der Waals surface area contributed by atoms with Gasteiger partial charge in [0.15, 0.2) is 5.82 Å². The molecule has 1 rings (SSSR count). The van der Waals surface area contributed by atoms with Crippen LogP contribution in [0.5, 0.6) is 0 Å². The summed E-state index contributed by atoms with van der Waals surface area (Å²) in [5.41, 5.74) is -0.870. The second kappa shape index (κ2) is 6.22. The van der Waals surface area contributed by atoms with Crippen molar-refractivity contribution in [3.05, 3.63) is 34.6 Å². The largest absolute Gasteiger partial charge is 0.458 e. The van der Waals surface area contributed by atoms with Crippen LogP contribution in [0.15, 0.2) is 18.2 Å². The lowest BCUT2D eigenvalue weighted by Crippen LogP contribution is -2.42. The van der Waals surface area contributed by atoms with E-state index in [1.165, 1.54) is 25.1 Å². The van der Waals surface area contributed by atoms with E-state index in [0.717, 1.165) is 0 Å². The van der Waals surface area contributed by atoms with Crippen LogP contribution in [0.4, 0.5) is 4.39 Å². The Bertz CT molecular complexity index is 526. The smallest absolute Gasteiger partial charge is 0.328 e. The lowest BCUT2D eigenvalue weighted by Gasteiger charge is -2.22. The fourth-order valence-electron chi connectivity index (χ4n) is 1.40. The van der Waals surface area contributed by atoms with Crippen LogP contribution < -0.4 is 5.32 Å². The molecule has 0 unspecified atom stereocenters. The first-order valence-electron chi connectivity index (χ1n) is 6.09. The van der Waals surface area contributed by atoms with Gasteiger partial charge in [0.1, 0.15) is 11.6 Å². The number of amides is 1. The van der Waals surface area contributed by atoms with E-state index in [-0.39, 0.29) is 10.6 Å². The van der Waals surface area contributed by atoms with E-state index in [4.69, 9.17) is 16.3 Å². The molecule has 110 valence electrons. The van der Waals surface area contributed by atoms with Crippen molar-refractivity contribution in [3.8, 4) is 0 Å². The summed E-state index contributed by atoms with van der Waals surface area (Å²) in [7, 11) is 0. The molecule has 4 nitrogen and oxygen atoms in total. The monoisotopic (exact) mass is 301 g/mol. The number of hydrogen-bond donors (Lipinski definition) is 1. The molecule has 1 N–H and O–H groups in total. The average molecular weight is 302 g/mol. The fraction of sp³-hybridized carbons (Fsp3) is 0.429. The molecule has 0 aromatic heterocycles. The standard InChI is InChI=1S/C14H17ClFNO3/c1-8(13(19)20-14(2,3)4)17-12(18)9-6-5-7-10(15)11(9)16/h5-8H,1-4H3,(H,17,18)/t8-/m1/s1. The molecule has 0 spiro atoms. The summed E-state index contributed by atoms with van der Waals surface area (Å²) in [5.74, 6) is -2.13. The lowest BCUT2D eigenvalue weighted by atomic mass is 10.1. The summed E-state index contributed by atoms with van der Waals surface area (Å²) < 4.78 is 18.8. The van der Waals surface area contributed by atoms with Gasteiger partial charge in [-0.3, -0.25) is 4.79 Å². The van der Waals surface area contributed by atoms with Crippen molar-refractivity contribution in [1.29, 1.82) is 0 Å². The zero-order chi connectivity index (χ0) is 15.5. The number of benzene rings is 1. The van der Waals surface area contributed by atoms with Crippen LogP contribution in [0.1, 0.15) is 38.1 Å². The van der Waals surface area contributed by atoms with Crippen LogP contribution in [-0.4, -0.2) is 23.5 Å². The van der Waals surface area contributed by atoms with Gasteiger partial charge in [-0.2, -0.15) is 0 Å². The minimum atomic E-state index is -0.889. The molecule has 1 atom stereocenters. The van der Waals surface area contributed by atoms with Gasteiger partial charge in [-0.1, -0.05) is 17.7 Å². The maximum atomic E-state index is 13.7. The number of hydrogen-bond acceptors (Lipinski definition) is 3. The van der Waals surface area contributed by atoms with Gasteiger partial charge in [0.25, 0.3) is 5.91 Å². The van der Waals surface area contributed by atoms with E-state index in [9.17, 15) is 14.0 Å². The second-order valence-corrected chi connectivity index (χ2v) is 5.74. The van der Waals surface area contributed by atoms with Gasteiger partial charge in [0.05, 0.1) is 10.6 Å². The van der Waals surface area contributed by atoms with Crippen LogP contribution in [0.3, 0.4) is 0 Å². The number of carbonyl (C=O) groups is 2. The average Bonchev–Trinajstić information content (AvgIpc) is 2.30. The van der Waals surface area contributed by atoms with Crippen LogP contribution in [-0.2, 0) is 9.53 Å². The Morgan fingerprint density at radius 2 is 1.95 bits per heavy atom. The van der Waals surface area contributed by atoms with Gasteiger partial charge < -0.3 is 10.1 Å². The maximum Gasteiger partial charge on any atom is 0.328 e. The molecule has 0 fully saturated rings. The third kappa shape index (κ3) is 4.49. The van der Waals surface area contributed by atoms with Crippen molar-refractivity contribution in [2.75, 3.05) is 0 Å². The van der Waals surface area contributed by atoms with Gasteiger partial charge in [-0.15, -0.1) is 0 Å². The van der Waals surface area contributed by atoms with E-state index < -0.39 is 29.3 Å². The van der Waals surface area contributed by atoms with E-state index in [1.54, 1.807) is 20.8 Å². The highest BCUT2D eigenvalue weighted by atomic mass is 35.5. The molecule has 1 amide bonds. The summed E-state index contributed by atoms with van der Waals surface area (Å²) in [6.45, 7) is 6.62. The quantitative estimate of drug-likeness (QED) is 0.873. The molecule has 0 aliphatic carbocycles. The maximum absolute atomic E-state index is 13.7. The zero-order valence-corrected chi connectivity index (χ0v) is 12.5. The molecular weight excluding hydrogens is 285 g/mol. The summed E-state index contributed by atoms with van der Waals surface area (Å²) >= 11 is 5.60. The second-order valence-electron chi connectivity index (χ2n) is 5.33. The Balaban J connectivity index is 2.76. The van der Waals surface area contributed by atoms with Crippen molar-refractivity contribution in [2.24, 2.45) is 0 Å². The van der Waals surface area contributed by atoms with E-state index in [1.807, 2.05) is 0 Å². The van der Waals surface area contributed by atoms with E-state index >= 15 is 0 Å². The van der Waals surface area contributed by atoms with Gasteiger partial charge in [-0.05, 0) is 39.8 Å². The van der Waals surface area contributed by atoms with Gasteiger partial charge >= 0.3 is 5.97 Å². The molecule has 1 aromatic carbocycles. The Labute approximate surface area is 122 Å². The predicted molar refractivity (Wildman–Crippen MR) is 74.2 cm³/mol. The Hall–Kier alpha value is -1.62. The number of carbonyl (C=O) groups excluding carboxylic acids is 2. The minimum absolute atomic E-state index is 0.150. The van der Waals surface area contributed by atoms with Crippen molar-refractivity contribution in [2.45, 2.75) is 39.3 Å². The molecule has 20 heavy (non-hydrogen) atoms. The number of rotatable bonds is 3. The molecule has 0 saturated carbocycles. The van der Waals surface area contributed by atoms with E-state index in [2.05, 4.69) is 5.32 Å². The first-order chi connectivity index (χ1) is 9.11. The normalized spacial score (nSPS) is 12.7. The summed E-state index contributed by atoms with van der Waals surface area (Å²) in [4.78, 5) is 23.6. The van der Waals surface area contributed by atoms with Crippen LogP contribution in [0.2, 0.25) is 5.02 Å².